The van der Waals surface area contributed by atoms with Crippen LogP contribution in [0.4, 0.5) is 0 Å². The SMILES string of the molecule is CC(=O)N1CCC1COCCO. The summed E-state index contributed by atoms with van der Waals surface area (Å²) >= 11 is 0. The van der Waals surface area contributed by atoms with Gasteiger partial charge in [-0.2, -0.15) is 0 Å². The number of likely N-dealkylation sites (tertiary alicyclic amines) is 1. The van der Waals surface area contributed by atoms with Gasteiger partial charge in [0.25, 0.3) is 0 Å². The number of hydrogen-bond donors (Lipinski definition) is 1. The fraction of sp³-hybridized carbons (Fsp3) is 0.875. The molecule has 0 bridgehead atoms. The number of aliphatic hydroxyl groups excluding tert-OH is 1. The molecule has 1 N–H and O–H groups in total. The van der Waals surface area contributed by atoms with Crippen LogP contribution in [0, 0.1) is 0 Å². The molecule has 1 heterocycles. The van der Waals surface area contributed by atoms with E-state index in [-0.39, 0.29) is 18.6 Å². The van der Waals surface area contributed by atoms with Crippen LogP contribution in [-0.2, 0) is 9.53 Å². The summed E-state index contributed by atoms with van der Waals surface area (Å²) in [5, 5.41) is 8.44. The molecular weight excluding hydrogens is 158 g/mol. The Kier molecular flexibility index (Phi) is 3.49. The standard InChI is InChI=1S/C8H15NO3/c1-7(11)9-3-2-8(9)6-12-5-4-10/h8,10H,2-6H2,1H3. The quantitative estimate of drug-likeness (QED) is 0.589. The van der Waals surface area contributed by atoms with Gasteiger partial charge < -0.3 is 14.7 Å². The lowest BCUT2D eigenvalue weighted by atomic mass is 10.0. The lowest BCUT2D eigenvalue weighted by Crippen LogP contribution is -2.52. The minimum atomic E-state index is 0.0484. The highest BCUT2D eigenvalue weighted by Crippen LogP contribution is 2.17. The summed E-state index contributed by atoms with van der Waals surface area (Å²) in [7, 11) is 0. The Morgan fingerprint density at radius 3 is 2.92 bits per heavy atom. The van der Waals surface area contributed by atoms with Crippen LogP contribution in [-0.4, -0.2) is 48.3 Å². The van der Waals surface area contributed by atoms with Crippen LogP contribution < -0.4 is 0 Å². The molecule has 0 aromatic rings. The zero-order chi connectivity index (χ0) is 8.97. The van der Waals surface area contributed by atoms with Gasteiger partial charge in [0.2, 0.25) is 5.91 Å². The molecule has 0 aromatic heterocycles. The Labute approximate surface area is 72.1 Å². The van der Waals surface area contributed by atoms with E-state index in [1.165, 1.54) is 0 Å². The van der Waals surface area contributed by atoms with Crippen LogP contribution in [0.1, 0.15) is 13.3 Å². The molecule has 0 aromatic carbocycles. The summed E-state index contributed by atoms with van der Waals surface area (Å²) in [4.78, 5) is 12.7. The maximum atomic E-state index is 10.9. The first-order valence-corrected chi connectivity index (χ1v) is 4.21. The van der Waals surface area contributed by atoms with Crippen LogP contribution in [0.25, 0.3) is 0 Å². The van der Waals surface area contributed by atoms with Crippen molar-refractivity contribution in [2.45, 2.75) is 19.4 Å². The molecular formula is C8H15NO3. The van der Waals surface area contributed by atoms with Crippen LogP contribution in [0.2, 0.25) is 0 Å². The van der Waals surface area contributed by atoms with E-state index in [4.69, 9.17) is 9.84 Å². The van der Waals surface area contributed by atoms with Crippen molar-refractivity contribution >= 4 is 5.91 Å². The van der Waals surface area contributed by atoms with Crippen molar-refractivity contribution in [3.8, 4) is 0 Å². The molecule has 0 saturated carbocycles. The summed E-state index contributed by atoms with van der Waals surface area (Å²) in [5.41, 5.74) is 0. The molecule has 70 valence electrons. The second-order valence-electron chi connectivity index (χ2n) is 2.95. The average molecular weight is 173 g/mol. The predicted octanol–water partition coefficient (Wildman–Crippen LogP) is -0.384. The molecule has 1 saturated heterocycles. The van der Waals surface area contributed by atoms with Gasteiger partial charge in [-0.15, -0.1) is 0 Å². The predicted molar refractivity (Wildman–Crippen MR) is 43.7 cm³/mol. The molecule has 4 heteroatoms. The summed E-state index contributed by atoms with van der Waals surface area (Å²) in [6.45, 7) is 3.38. The van der Waals surface area contributed by atoms with Crippen molar-refractivity contribution in [3.05, 3.63) is 0 Å². The lowest BCUT2D eigenvalue weighted by Gasteiger charge is -2.40. The molecule has 1 aliphatic heterocycles. The van der Waals surface area contributed by atoms with E-state index in [1.807, 2.05) is 0 Å². The van der Waals surface area contributed by atoms with E-state index < -0.39 is 0 Å². The van der Waals surface area contributed by atoms with Gasteiger partial charge in [0, 0.05) is 13.5 Å². The number of nitrogens with zero attached hydrogens (tertiary/aromatic N) is 1. The minimum Gasteiger partial charge on any atom is -0.394 e. The molecule has 1 unspecified atom stereocenters. The molecule has 1 rings (SSSR count). The zero-order valence-corrected chi connectivity index (χ0v) is 7.32. The molecule has 0 spiro atoms. The van der Waals surface area contributed by atoms with E-state index in [0.717, 1.165) is 13.0 Å². The van der Waals surface area contributed by atoms with Gasteiger partial charge in [0.15, 0.2) is 0 Å². The number of aliphatic hydroxyl groups is 1. The molecule has 1 atom stereocenters. The molecule has 4 nitrogen and oxygen atoms in total. The van der Waals surface area contributed by atoms with Gasteiger partial charge in [-0.1, -0.05) is 0 Å². The molecule has 1 amide bonds. The maximum absolute atomic E-state index is 10.9. The van der Waals surface area contributed by atoms with Crippen molar-refractivity contribution < 1.29 is 14.6 Å². The summed E-state index contributed by atoms with van der Waals surface area (Å²) in [6, 6.07) is 0.244. The Morgan fingerprint density at radius 1 is 1.75 bits per heavy atom. The monoisotopic (exact) mass is 173 g/mol. The fourth-order valence-electron chi connectivity index (χ4n) is 1.31. The van der Waals surface area contributed by atoms with Crippen molar-refractivity contribution in [3.63, 3.8) is 0 Å². The molecule has 12 heavy (non-hydrogen) atoms. The van der Waals surface area contributed by atoms with Gasteiger partial charge in [-0.05, 0) is 6.42 Å². The van der Waals surface area contributed by atoms with Gasteiger partial charge in [-0.25, -0.2) is 0 Å². The first kappa shape index (κ1) is 9.48. The first-order chi connectivity index (χ1) is 5.75. The number of ether oxygens (including phenoxy) is 1. The second-order valence-corrected chi connectivity index (χ2v) is 2.95. The van der Waals surface area contributed by atoms with E-state index in [2.05, 4.69) is 0 Å². The average Bonchev–Trinajstić information content (AvgIpc) is 1.94. The number of rotatable bonds is 4. The second kappa shape index (κ2) is 4.42. The van der Waals surface area contributed by atoms with Crippen LogP contribution >= 0.6 is 0 Å². The number of carbonyl (C=O) groups excluding carboxylic acids is 1. The van der Waals surface area contributed by atoms with Crippen molar-refractivity contribution in [2.75, 3.05) is 26.4 Å². The number of amides is 1. The Morgan fingerprint density at radius 2 is 2.50 bits per heavy atom. The Balaban J connectivity index is 2.12. The van der Waals surface area contributed by atoms with Gasteiger partial charge in [0.1, 0.15) is 0 Å². The molecule has 0 aliphatic carbocycles. The van der Waals surface area contributed by atoms with Gasteiger partial charge in [0.05, 0.1) is 25.9 Å². The largest absolute Gasteiger partial charge is 0.394 e. The normalized spacial score (nSPS) is 22.2. The van der Waals surface area contributed by atoms with Crippen molar-refractivity contribution in [1.29, 1.82) is 0 Å². The lowest BCUT2D eigenvalue weighted by molar-refractivity contribution is -0.139. The Bertz CT molecular complexity index is 160. The third-order valence-electron chi connectivity index (χ3n) is 2.09. The summed E-state index contributed by atoms with van der Waals surface area (Å²) in [5.74, 6) is 0.110. The highest BCUT2D eigenvalue weighted by Gasteiger charge is 2.29. The summed E-state index contributed by atoms with van der Waals surface area (Å²) < 4.78 is 5.12. The topological polar surface area (TPSA) is 49.8 Å². The third kappa shape index (κ3) is 2.19. The van der Waals surface area contributed by atoms with E-state index in [9.17, 15) is 4.79 Å². The van der Waals surface area contributed by atoms with Crippen molar-refractivity contribution in [1.82, 2.24) is 4.90 Å². The molecule has 1 fully saturated rings. The van der Waals surface area contributed by atoms with Crippen LogP contribution in [0.3, 0.4) is 0 Å². The third-order valence-corrected chi connectivity index (χ3v) is 2.09. The van der Waals surface area contributed by atoms with E-state index >= 15 is 0 Å². The summed E-state index contributed by atoms with van der Waals surface area (Å²) in [6.07, 6.45) is 1.02. The smallest absolute Gasteiger partial charge is 0.219 e. The number of hydrogen-bond acceptors (Lipinski definition) is 3. The first-order valence-electron chi connectivity index (χ1n) is 4.21. The molecule has 0 radical (unpaired) electrons. The number of carbonyl (C=O) groups is 1. The van der Waals surface area contributed by atoms with Crippen LogP contribution in [0.15, 0.2) is 0 Å². The maximum Gasteiger partial charge on any atom is 0.219 e. The minimum absolute atomic E-state index is 0.0484. The Hall–Kier alpha value is -0.610. The van der Waals surface area contributed by atoms with E-state index in [1.54, 1.807) is 11.8 Å². The van der Waals surface area contributed by atoms with Crippen molar-refractivity contribution in [2.24, 2.45) is 0 Å². The highest BCUT2D eigenvalue weighted by atomic mass is 16.5. The highest BCUT2D eigenvalue weighted by molar-refractivity contribution is 5.74. The van der Waals surface area contributed by atoms with Gasteiger partial charge >= 0.3 is 0 Å². The zero-order valence-electron chi connectivity index (χ0n) is 7.32. The fourth-order valence-corrected chi connectivity index (χ4v) is 1.31. The molecule has 1 aliphatic rings. The van der Waals surface area contributed by atoms with Crippen LogP contribution in [0.5, 0.6) is 0 Å². The van der Waals surface area contributed by atoms with Gasteiger partial charge in [-0.3, -0.25) is 4.79 Å². The van der Waals surface area contributed by atoms with E-state index in [0.29, 0.717) is 13.2 Å².